The average molecular weight is 317 g/mol. The van der Waals surface area contributed by atoms with Gasteiger partial charge in [0.15, 0.2) is 0 Å². The van der Waals surface area contributed by atoms with Gasteiger partial charge in [0.25, 0.3) is 5.91 Å². The van der Waals surface area contributed by atoms with Crippen molar-refractivity contribution in [1.82, 2.24) is 4.98 Å². The van der Waals surface area contributed by atoms with Gasteiger partial charge in [-0.05, 0) is 53.0 Å². The second-order valence-electron chi connectivity index (χ2n) is 4.60. The second-order valence-corrected chi connectivity index (χ2v) is 5.45. The van der Waals surface area contributed by atoms with Gasteiger partial charge >= 0.3 is 0 Å². The first-order chi connectivity index (χ1) is 9.16. The quantitative estimate of drug-likeness (QED) is 0.808. The minimum Gasteiger partial charge on any atom is -0.292 e. The van der Waals surface area contributed by atoms with E-state index in [9.17, 15) is 4.79 Å². The Kier molecular flexibility index (Phi) is 3.11. The van der Waals surface area contributed by atoms with E-state index in [1.807, 2.05) is 43.3 Å². The van der Waals surface area contributed by atoms with Gasteiger partial charge in [-0.1, -0.05) is 18.2 Å². The number of rotatable bonds is 1. The van der Waals surface area contributed by atoms with Crippen LogP contribution in [0.15, 0.2) is 40.9 Å². The fourth-order valence-electron chi connectivity index (χ4n) is 2.33. The minimum absolute atomic E-state index is 0.0380. The van der Waals surface area contributed by atoms with Crippen molar-refractivity contribution in [1.29, 1.82) is 0 Å². The summed E-state index contributed by atoms with van der Waals surface area (Å²) < 4.78 is 0.959. The maximum Gasteiger partial charge on any atom is 0.259 e. The van der Waals surface area contributed by atoms with Crippen LogP contribution in [0.2, 0.25) is 0 Å². The predicted octanol–water partition coefficient (Wildman–Crippen LogP) is 3.36. The molecule has 4 heteroatoms. The number of amides is 1. The van der Waals surface area contributed by atoms with Crippen molar-refractivity contribution in [2.45, 2.75) is 13.3 Å². The Hall–Kier alpha value is -1.68. The molecule has 2 heterocycles. The molecule has 1 aliphatic rings. The number of anilines is 1. The van der Waals surface area contributed by atoms with Crippen LogP contribution >= 0.6 is 15.9 Å². The summed E-state index contributed by atoms with van der Waals surface area (Å²) in [5, 5.41) is 0. The molecule has 0 fully saturated rings. The standard InChI is InChI=1S/C15H13BrN2O/c1-10-13(16)6-7-14(17-10)18-9-8-11-4-2-3-5-12(11)15(18)19/h2-7H,8-9H2,1H3. The number of halogens is 1. The summed E-state index contributed by atoms with van der Waals surface area (Å²) in [5.74, 6) is 0.760. The summed E-state index contributed by atoms with van der Waals surface area (Å²) in [6, 6.07) is 11.6. The summed E-state index contributed by atoms with van der Waals surface area (Å²) in [4.78, 5) is 18.7. The number of hydrogen-bond acceptors (Lipinski definition) is 2. The van der Waals surface area contributed by atoms with Crippen LogP contribution in [-0.2, 0) is 6.42 Å². The summed E-state index contributed by atoms with van der Waals surface area (Å²) in [6.45, 7) is 2.61. The molecule has 1 amide bonds. The lowest BCUT2D eigenvalue weighted by atomic mass is 9.99. The highest BCUT2D eigenvalue weighted by Crippen LogP contribution is 2.25. The molecule has 0 N–H and O–H groups in total. The van der Waals surface area contributed by atoms with E-state index < -0.39 is 0 Å². The number of carbonyl (C=O) groups is 1. The number of fused-ring (bicyclic) bond motifs is 1. The molecule has 1 aliphatic heterocycles. The molecule has 0 spiro atoms. The third kappa shape index (κ3) is 2.16. The Morgan fingerprint density at radius 3 is 2.79 bits per heavy atom. The van der Waals surface area contributed by atoms with E-state index >= 15 is 0 Å². The maximum atomic E-state index is 12.5. The lowest BCUT2D eigenvalue weighted by Gasteiger charge is -2.28. The van der Waals surface area contributed by atoms with E-state index in [1.54, 1.807) is 4.90 Å². The van der Waals surface area contributed by atoms with Gasteiger partial charge in [-0.15, -0.1) is 0 Å². The molecule has 0 bridgehead atoms. The van der Waals surface area contributed by atoms with Gasteiger partial charge in [0, 0.05) is 16.6 Å². The van der Waals surface area contributed by atoms with Gasteiger partial charge in [0.05, 0.1) is 5.69 Å². The van der Waals surface area contributed by atoms with Gasteiger partial charge in [0.2, 0.25) is 0 Å². The van der Waals surface area contributed by atoms with E-state index in [2.05, 4.69) is 20.9 Å². The Balaban J connectivity index is 2.00. The van der Waals surface area contributed by atoms with Crippen LogP contribution in [0.25, 0.3) is 0 Å². The molecule has 1 aromatic carbocycles. The van der Waals surface area contributed by atoms with Crippen LogP contribution in [0, 0.1) is 6.92 Å². The van der Waals surface area contributed by atoms with Gasteiger partial charge in [-0.2, -0.15) is 0 Å². The molecule has 0 saturated heterocycles. The monoisotopic (exact) mass is 316 g/mol. The van der Waals surface area contributed by atoms with Crippen LogP contribution in [0.3, 0.4) is 0 Å². The topological polar surface area (TPSA) is 33.2 Å². The largest absolute Gasteiger partial charge is 0.292 e. The predicted molar refractivity (Wildman–Crippen MR) is 78.5 cm³/mol. The highest BCUT2D eigenvalue weighted by molar-refractivity contribution is 9.10. The van der Waals surface area contributed by atoms with E-state index in [-0.39, 0.29) is 5.91 Å². The molecule has 0 atom stereocenters. The first-order valence-corrected chi connectivity index (χ1v) is 6.99. The van der Waals surface area contributed by atoms with Gasteiger partial charge < -0.3 is 0 Å². The smallest absolute Gasteiger partial charge is 0.259 e. The normalized spacial score (nSPS) is 14.4. The molecule has 0 aliphatic carbocycles. The third-order valence-electron chi connectivity index (χ3n) is 3.38. The van der Waals surface area contributed by atoms with Crippen LogP contribution in [0.5, 0.6) is 0 Å². The van der Waals surface area contributed by atoms with Crippen LogP contribution < -0.4 is 4.90 Å². The average Bonchev–Trinajstić information content (AvgIpc) is 2.43. The zero-order chi connectivity index (χ0) is 13.4. The highest BCUT2D eigenvalue weighted by atomic mass is 79.9. The number of nitrogens with zero attached hydrogens (tertiary/aromatic N) is 2. The highest BCUT2D eigenvalue weighted by Gasteiger charge is 2.25. The van der Waals surface area contributed by atoms with E-state index in [0.717, 1.165) is 33.5 Å². The number of benzene rings is 1. The maximum absolute atomic E-state index is 12.5. The number of pyridine rings is 1. The summed E-state index contributed by atoms with van der Waals surface area (Å²) >= 11 is 3.43. The van der Waals surface area contributed by atoms with Crippen molar-refractivity contribution in [2.75, 3.05) is 11.4 Å². The molecule has 0 saturated carbocycles. The summed E-state index contributed by atoms with van der Waals surface area (Å²) in [7, 11) is 0. The van der Waals surface area contributed by atoms with Crippen LogP contribution in [-0.4, -0.2) is 17.4 Å². The molecule has 1 aromatic heterocycles. The number of hydrogen-bond donors (Lipinski definition) is 0. The van der Waals surface area contributed by atoms with Crippen molar-refractivity contribution in [3.63, 3.8) is 0 Å². The second kappa shape index (κ2) is 4.78. The van der Waals surface area contributed by atoms with Crippen molar-refractivity contribution < 1.29 is 4.79 Å². The fourth-order valence-corrected chi connectivity index (χ4v) is 2.55. The van der Waals surface area contributed by atoms with Crippen molar-refractivity contribution in [2.24, 2.45) is 0 Å². The first kappa shape index (κ1) is 12.4. The number of aryl methyl sites for hydroxylation is 1. The molecule has 3 nitrogen and oxygen atoms in total. The van der Waals surface area contributed by atoms with Crippen molar-refractivity contribution in [3.05, 3.63) is 57.7 Å². The van der Waals surface area contributed by atoms with Crippen LogP contribution in [0.4, 0.5) is 5.82 Å². The van der Waals surface area contributed by atoms with Crippen molar-refractivity contribution in [3.8, 4) is 0 Å². The molecule has 2 aromatic rings. The SMILES string of the molecule is Cc1nc(N2CCc3ccccc3C2=O)ccc1Br. The lowest BCUT2D eigenvalue weighted by Crippen LogP contribution is -2.38. The molecular weight excluding hydrogens is 304 g/mol. The lowest BCUT2D eigenvalue weighted by molar-refractivity contribution is 0.0980. The Morgan fingerprint density at radius 2 is 2.00 bits per heavy atom. The van der Waals surface area contributed by atoms with Crippen molar-refractivity contribution >= 4 is 27.7 Å². The molecule has 19 heavy (non-hydrogen) atoms. The molecular formula is C15H13BrN2O. The summed E-state index contributed by atoms with van der Waals surface area (Å²) in [6.07, 6.45) is 0.874. The molecule has 0 radical (unpaired) electrons. The Bertz CT molecular complexity index is 654. The van der Waals surface area contributed by atoms with E-state index in [1.165, 1.54) is 0 Å². The Morgan fingerprint density at radius 1 is 1.21 bits per heavy atom. The van der Waals surface area contributed by atoms with Gasteiger partial charge in [-0.25, -0.2) is 4.98 Å². The van der Waals surface area contributed by atoms with E-state index in [4.69, 9.17) is 0 Å². The van der Waals surface area contributed by atoms with Gasteiger partial charge in [0.1, 0.15) is 5.82 Å². The van der Waals surface area contributed by atoms with E-state index in [0.29, 0.717) is 6.54 Å². The molecule has 3 rings (SSSR count). The summed E-state index contributed by atoms with van der Waals surface area (Å²) in [5.41, 5.74) is 2.80. The first-order valence-electron chi connectivity index (χ1n) is 6.20. The Labute approximate surface area is 120 Å². The zero-order valence-electron chi connectivity index (χ0n) is 10.6. The fraction of sp³-hybridized carbons (Fsp3) is 0.200. The van der Waals surface area contributed by atoms with Crippen LogP contribution in [0.1, 0.15) is 21.6 Å². The number of carbonyl (C=O) groups excluding carboxylic acids is 1. The molecule has 96 valence electrons. The van der Waals surface area contributed by atoms with Gasteiger partial charge in [-0.3, -0.25) is 9.69 Å². The molecule has 0 unspecified atom stereocenters. The number of aromatic nitrogens is 1. The zero-order valence-corrected chi connectivity index (χ0v) is 12.1. The third-order valence-corrected chi connectivity index (χ3v) is 4.22. The minimum atomic E-state index is 0.0380.